The van der Waals surface area contributed by atoms with E-state index < -0.39 is 0 Å². The van der Waals surface area contributed by atoms with Crippen molar-refractivity contribution in [3.8, 4) is 11.4 Å². The smallest absolute Gasteiger partial charge is 0.285 e. The zero-order valence-corrected chi connectivity index (χ0v) is 8.52. The van der Waals surface area contributed by atoms with Crippen LogP contribution >= 0.6 is 11.6 Å². The third-order valence-electron chi connectivity index (χ3n) is 1.75. The highest BCUT2D eigenvalue weighted by Crippen LogP contribution is 2.21. The molecule has 0 spiro atoms. The molecule has 1 N–H and O–H groups in total. The van der Waals surface area contributed by atoms with Crippen molar-refractivity contribution in [2.24, 2.45) is 0 Å². The summed E-state index contributed by atoms with van der Waals surface area (Å²) in [6.45, 7) is 0. The summed E-state index contributed by atoms with van der Waals surface area (Å²) >= 11 is 5.83. The fourth-order valence-electron chi connectivity index (χ4n) is 1.12. The summed E-state index contributed by atoms with van der Waals surface area (Å²) in [7, 11) is 1.52. The minimum atomic E-state index is -0.281. The van der Waals surface area contributed by atoms with Crippen molar-refractivity contribution in [2.75, 3.05) is 7.11 Å². The Labute approximate surface area is 89.5 Å². The minimum absolute atomic E-state index is 0.281. The molecule has 0 aliphatic heterocycles. The van der Waals surface area contributed by atoms with E-state index in [1.54, 1.807) is 18.2 Å². The molecule has 0 radical (unpaired) electrons. The first kappa shape index (κ1) is 9.72. The average molecular weight is 227 g/mol. The quantitative estimate of drug-likeness (QED) is 0.734. The molecule has 2 rings (SSSR count). The van der Waals surface area contributed by atoms with Gasteiger partial charge in [-0.2, -0.15) is 0 Å². The van der Waals surface area contributed by atoms with Gasteiger partial charge in [0.05, 0.1) is 12.4 Å². The lowest BCUT2D eigenvalue weighted by molar-refractivity contribution is -0.730. The molecule has 7 heteroatoms. The van der Waals surface area contributed by atoms with Gasteiger partial charge in [-0.25, -0.2) is 0 Å². The highest BCUT2D eigenvalue weighted by Gasteiger charge is 2.15. The number of hydrogen-bond acceptors (Lipinski definition) is 4. The van der Waals surface area contributed by atoms with Crippen molar-refractivity contribution < 1.29 is 14.1 Å². The van der Waals surface area contributed by atoms with E-state index in [1.807, 2.05) is 0 Å². The molecule has 0 unspecified atom stereocenters. The molecule has 0 aliphatic rings. The number of hydrogen-bond donors (Lipinski definition) is 1. The normalized spacial score (nSPS) is 10.3. The molecule has 78 valence electrons. The second-order valence-corrected chi connectivity index (χ2v) is 3.12. The Morgan fingerprint density at radius 1 is 1.60 bits per heavy atom. The molecule has 1 heterocycles. The summed E-state index contributed by atoms with van der Waals surface area (Å²) in [6, 6.07) is 4.99. The van der Waals surface area contributed by atoms with E-state index in [0.717, 1.165) is 4.80 Å². The van der Waals surface area contributed by atoms with Crippen LogP contribution in [0.1, 0.15) is 0 Å². The van der Waals surface area contributed by atoms with Crippen LogP contribution in [-0.4, -0.2) is 12.4 Å². The van der Waals surface area contributed by atoms with Crippen molar-refractivity contribution in [3.63, 3.8) is 0 Å². The summed E-state index contributed by atoms with van der Waals surface area (Å²) < 4.78 is 9.63. The zero-order valence-electron chi connectivity index (χ0n) is 7.77. The first-order chi connectivity index (χ1) is 7.20. The van der Waals surface area contributed by atoms with Gasteiger partial charge in [-0.05, 0) is 16.9 Å². The van der Waals surface area contributed by atoms with Gasteiger partial charge in [-0.1, -0.05) is 16.7 Å². The number of halogens is 1. The standard InChI is InChI=1S/C8H7ClN4O2/c1-14-7-3-2-5(9)4-6(7)13-11-8(10)15-12-13/h2-4,10H,1H3. The van der Waals surface area contributed by atoms with Crippen LogP contribution in [0.5, 0.6) is 5.75 Å². The molecule has 0 saturated carbocycles. The lowest BCUT2D eigenvalue weighted by atomic mass is 10.3. The molecule has 1 aromatic carbocycles. The Morgan fingerprint density at radius 3 is 3.00 bits per heavy atom. The molecule has 0 saturated heterocycles. The fourth-order valence-corrected chi connectivity index (χ4v) is 1.28. The molecule has 0 fully saturated rings. The molecule has 0 bridgehead atoms. The number of aromatic nitrogens is 3. The van der Waals surface area contributed by atoms with E-state index in [9.17, 15) is 0 Å². The van der Waals surface area contributed by atoms with E-state index >= 15 is 0 Å². The maximum Gasteiger partial charge on any atom is 0.285 e. The fraction of sp³-hybridized carbons (Fsp3) is 0.125. The molecule has 1 aromatic heterocycles. The van der Waals surface area contributed by atoms with Gasteiger partial charge in [0.2, 0.25) is 5.68 Å². The average Bonchev–Trinajstić information content (AvgIpc) is 2.65. The van der Waals surface area contributed by atoms with Crippen molar-refractivity contribution in [3.05, 3.63) is 28.9 Å². The van der Waals surface area contributed by atoms with E-state index in [1.165, 1.54) is 7.11 Å². The van der Waals surface area contributed by atoms with Crippen molar-refractivity contribution in [1.82, 2.24) is 10.4 Å². The lowest BCUT2D eigenvalue weighted by Crippen LogP contribution is -2.40. The summed E-state index contributed by atoms with van der Waals surface area (Å²) in [5.41, 5.74) is 0.240. The van der Waals surface area contributed by atoms with Crippen molar-refractivity contribution in [1.29, 1.82) is 5.41 Å². The van der Waals surface area contributed by atoms with Gasteiger partial charge in [0.25, 0.3) is 5.69 Å². The third kappa shape index (κ3) is 1.84. The van der Waals surface area contributed by atoms with Crippen LogP contribution in [-0.2, 0) is 0 Å². The van der Waals surface area contributed by atoms with Crippen molar-refractivity contribution >= 4 is 11.6 Å². The van der Waals surface area contributed by atoms with Gasteiger partial charge in [0, 0.05) is 11.1 Å². The van der Waals surface area contributed by atoms with E-state index in [2.05, 4.69) is 14.9 Å². The van der Waals surface area contributed by atoms with Gasteiger partial charge in [0.1, 0.15) is 0 Å². The highest BCUT2D eigenvalue weighted by molar-refractivity contribution is 6.30. The summed E-state index contributed by atoms with van der Waals surface area (Å²) in [5.74, 6) is 0.546. The molecule has 0 amide bonds. The van der Waals surface area contributed by atoms with E-state index in [0.29, 0.717) is 16.5 Å². The molecule has 0 aliphatic carbocycles. The molecule has 0 atom stereocenters. The van der Waals surface area contributed by atoms with Gasteiger partial charge < -0.3 is 14.7 Å². The summed E-state index contributed by atoms with van der Waals surface area (Å²) in [4.78, 5) is 1.15. The summed E-state index contributed by atoms with van der Waals surface area (Å²) in [6.07, 6.45) is 0. The molecular formula is C8H7ClN4O2. The second kappa shape index (κ2) is 3.74. The van der Waals surface area contributed by atoms with Gasteiger partial charge >= 0.3 is 0 Å². The van der Waals surface area contributed by atoms with Gasteiger partial charge in [-0.15, -0.1) is 0 Å². The van der Waals surface area contributed by atoms with Crippen LogP contribution in [0.3, 0.4) is 0 Å². The zero-order chi connectivity index (χ0) is 10.8. The van der Waals surface area contributed by atoms with Crippen LogP contribution < -0.4 is 20.3 Å². The third-order valence-corrected chi connectivity index (χ3v) is 1.98. The number of rotatable bonds is 2. The predicted molar refractivity (Wildman–Crippen MR) is 48.8 cm³/mol. The maximum absolute atomic E-state index is 7.11. The van der Waals surface area contributed by atoms with Crippen molar-refractivity contribution in [2.45, 2.75) is 0 Å². The molecule has 15 heavy (non-hydrogen) atoms. The first-order valence-electron chi connectivity index (χ1n) is 4.02. The Bertz CT molecular complexity index is 533. The van der Waals surface area contributed by atoms with Crippen LogP contribution in [0.25, 0.3) is 5.69 Å². The largest absolute Gasteiger partial charge is 0.490 e. The Morgan fingerprint density at radius 2 is 2.40 bits per heavy atom. The van der Waals surface area contributed by atoms with Gasteiger partial charge in [0.15, 0.2) is 5.75 Å². The first-order valence-corrected chi connectivity index (χ1v) is 4.40. The van der Waals surface area contributed by atoms with E-state index in [-0.39, 0.29) is 5.68 Å². The lowest BCUT2D eigenvalue weighted by Gasteiger charge is -2.00. The minimum Gasteiger partial charge on any atom is -0.490 e. The van der Waals surface area contributed by atoms with Crippen LogP contribution in [0.15, 0.2) is 22.7 Å². The van der Waals surface area contributed by atoms with Crippen LogP contribution in [0, 0.1) is 5.41 Å². The number of benzene rings is 1. The number of nitrogens with one attached hydrogen (secondary N) is 1. The molecular weight excluding hydrogens is 220 g/mol. The second-order valence-electron chi connectivity index (χ2n) is 2.68. The Balaban J connectivity index is 2.59. The van der Waals surface area contributed by atoms with Gasteiger partial charge in [-0.3, -0.25) is 0 Å². The number of methoxy groups -OCH3 is 1. The maximum atomic E-state index is 7.11. The topological polar surface area (TPSA) is 77.1 Å². The molecule has 6 nitrogen and oxygen atoms in total. The highest BCUT2D eigenvalue weighted by atomic mass is 35.5. The van der Waals surface area contributed by atoms with Crippen LogP contribution in [0.2, 0.25) is 5.02 Å². The Kier molecular flexibility index (Phi) is 2.42. The van der Waals surface area contributed by atoms with Crippen LogP contribution in [0.4, 0.5) is 0 Å². The Hall–Kier alpha value is -1.82. The number of ether oxygens (including phenoxy) is 1. The monoisotopic (exact) mass is 226 g/mol. The predicted octanol–water partition coefficient (Wildman–Crippen LogP) is 0.0500. The SMILES string of the molecule is COc1ccc(Cl)cc1-[n+]1noc(=N)[n-]1. The van der Waals surface area contributed by atoms with E-state index in [4.69, 9.17) is 21.7 Å². The number of nitrogens with zero attached hydrogens (tertiary/aromatic N) is 3. The molecule has 2 aromatic rings. The summed E-state index contributed by atoms with van der Waals surface area (Å²) in [5, 5.41) is 14.9.